The number of H-pyrrole nitrogens is 1. The van der Waals surface area contributed by atoms with E-state index < -0.39 is 6.10 Å². The number of hydrogen-bond donors (Lipinski definition) is 2. The Morgan fingerprint density at radius 1 is 1.07 bits per heavy atom. The van der Waals surface area contributed by atoms with Gasteiger partial charge in [-0.15, -0.1) is 0 Å². The minimum absolute atomic E-state index is 0.258. The van der Waals surface area contributed by atoms with Gasteiger partial charge in [0.1, 0.15) is 11.9 Å². The molecular weight excluding hydrogens is 374 g/mol. The monoisotopic (exact) mass is 403 g/mol. The Bertz CT molecular complexity index is 788. The minimum Gasteiger partial charge on any atom is -0.493 e. The van der Waals surface area contributed by atoms with Crippen LogP contribution in [0.25, 0.3) is 0 Å². The molecule has 4 rings (SSSR count). The Morgan fingerprint density at radius 3 is 2.34 bits per heavy atom. The van der Waals surface area contributed by atoms with Crippen LogP contribution in [0, 0.1) is 11.8 Å². The van der Waals surface area contributed by atoms with Crippen LogP contribution < -0.4 is 18.9 Å². The topological polar surface area (TPSA) is 89.1 Å². The average molecular weight is 403 g/mol. The first-order chi connectivity index (χ1) is 14.1. The molecular formula is C21H29N3O5. The van der Waals surface area contributed by atoms with Crippen LogP contribution in [0.15, 0.2) is 24.4 Å². The summed E-state index contributed by atoms with van der Waals surface area (Å²) in [5.41, 5.74) is 1.12. The number of aromatic nitrogens is 2. The zero-order valence-corrected chi connectivity index (χ0v) is 17.1. The number of benzene rings is 1. The Kier molecular flexibility index (Phi) is 5.82. The lowest BCUT2D eigenvalue weighted by molar-refractivity contribution is -0.0233. The molecule has 0 spiro atoms. The number of aliphatic hydroxyl groups excluding tert-OH is 1. The number of ether oxygens (including phenoxy) is 4. The van der Waals surface area contributed by atoms with Crippen molar-refractivity contribution in [1.29, 1.82) is 0 Å². The van der Waals surface area contributed by atoms with Gasteiger partial charge in [0.05, 0.1) is 27.4 Å². The maximum absolute atomic E-state index is 10.7. The van der Waals surface area contributed by atoms with E-state index in [0.29, 0.717) is 34.8 Å². The number of aromatic amines is 1. The van der Waals surface area contributed by atoms with E-state index in [1.54, 1.807) is 39.7 Å². The number of hydrogen-bond acceptors (Lipinski definition) is 7. The van der Waals surface area contributed by atoms with Gasteiger partial charge in [-0.2, -0.15) is 5.10 Å². The van der Waals surface area contributed by atoms with Gasteiger partial charge in [-0.3, -0.25) is 10.00 Å². The molecule has 1 aromatic heterocycles. The van der Waals surface area contributed by atoms with E-state index in [1.165, 1.54) is 0 Å². The van der Waals surface area contributed by atoms with Crippen molar-refractivity contribution >= 4 is 0 Å². The number of aliphatic hydroxyl groups is 1. The molecule has 2 heterocycles. The van der Waals surface area contributed by atoms with E-state index >= 15 is 0 Å². The predicted molar refractivity (Wildman–Crippen MR) is 107 cm³/mol. The Labute approximate surface area is 170 Å². The molecule has 29 heavy (non-hydrogen) atoms. The third-order valence-electron chi connectivity index (χ3n) is 6.04. The number of fused-ring (bicyclic) bond motifs is 1. The van der Waals surface area contributed by atoms with Crippen molar-refractivity contribution in [2.24, 2.45) is 11.8 Å². The summed E-state index contributed by atoms with van der Waals surface area (Å²) in [6.07, 6.45) is 2.60. The van der Waals surface area contributed by atoms with Crippen LogP contribution in [-0.2, 0) is 6.54 Å². The normalized spacial score (nSPS) is 26.8. The molecule has 1 saturated carbocycles. The summed E-state index contributed by atoms with van der Waals surface area (Å²) in [7, 11) is 4.73. The highest BCUT2D eigenvalue weighted by molar-refractivity contribution is 5.55. The van der Waals surface area contributed by atoms with Crippen LogP contribution in [0.3, 0.4) is 0 Å². The van der Waals surface area contributed by atoms with Crippen molar-refractivity contribution < 1.29 is 24.1 Å². The maximum atomic E-state index is 10.7. The van der Waals surface area contributed by atoms with Crippen molar-refractivity contribution in [2.75, 3.05) is 34.4 Å². The summed E-state index contributed by atoms with van der Waals surface area (Å²) >= 11 is 0. The molecule has 1 aliphatic heterocycles. The van der Waals surface area contributed by atoms with Crippen LogP contribution in [0.2, 0.25) is 0 Å². The Hall–Kier alpha value is -2.45. The van der Waals surface area contributed by atoms with E-state index in [-0.39, 0.29) is 6.10 Å². The lowest BCUT2D eigenvalue weighted by Gasteiger charge is -2.35. The lowest BCUT2D eigenvalue weighted by Crippen LogP contribution is -2.42. The van der Waals surface area contributed by atoms with E-state index in [2.05, 4.69) is 15.1 Å². The van der Waals surface area contributed by atoms with Gasteiger partial charge in [-0.25, -0.2) is 0 Å². The highest BCUT2D eigenvalue weighted by Gasteiger charge is 2.42. The molecule has 158 valence electrons. The first-order valence-electron chi connectivity index (χ1n) is 9.96. The van der Waals surface area contributed by atoms with E-state index in [4.69, 9.17) is 18.9 Å². The zero-order valence-electron chi connectivity index (χ0n) is 17.1. The highest BCUT2D eigenvalue weighted by Crippen LogP contribution is 2.43. The van der Waals surface area contributed by atoms with Gasteiger partial charge in [0, 0.05) is 43.7 Å². The number of rotatable bonds is 7. The average Bonchev–Trinajstić information content (AvgIpc) is 3.36. The molecule has 0 radical (unpaired) electrons. The van der Waals surface area contributed by atoms with Crippen LogP contribution in [-0.4, -0.2) is 66.8 Å². The van der Waals surface area contributed by atoms with E-state index in [1.807, 2.05) is 6.07 Å². The standard InChI is InChI=1S/C21H29N3O5/c1-26-19-8-16(9-20(27-2)21(19)28-3)29-18-7-14-11-24(10-13(14)6-17(18)25)12-15-4-5-22-23-15/h4-5,8-9,13-14,17-18,25H,6-7,10-12H2,1-3H3,(H,22,23)/t13-,14+,17+,18+/m0/s1. The van der Waals surface area contributed by atoms with Gasteiger partial charge in [-0.1, -0.05) is 0 Å². The van der Waals surface area contributed by atoms with Gasteiger partial charge >= 0.3 is 0 Å². The van der Waals surface area contributed by atoms with Gasteiger partial charge in [-0.05, 0) is 30.7 Å². The summed E-state index contributed by atoms with van der Waals surface area (Å²) in [5.74, 6) is 3.21. The molecule has 2 aromatic rings. The predicted octanol–water partition coefficient (Wildman–Crippen LogP) is 2.09. The number of nitrogens with zero attached hydrogens (tertiary/aromatic N) is 2. The van der Waals surface area contributed by atoms with E-state index in [0.717, 1.165) is 38.2 Å². The fraction of sp³-hybridized carbons (Fsp3) is 0.571. The second-order valence-corrected chi connectivity index (χ2v) is 7.85. The first kappa shape index (κ1) is 19.8. The van der Waals surface area contributed by atoms with Crippen molar-refractivity contribution in [1.82, 2.24) is 15.1 Å². The van der Waals surface area contributed by atoms with Crippen molar-refractivity contribution in [3.63, 3.8) is 0 Å². The molecule has 0 amide bonds. The third kappa shape index (κ3) is 4.13. The Balaban J connectivity index is 1.44. The van der Waals surface area contributed by atoms with Gasteiger partial charge < -0.3 is 24.1 Å². The molecule has 4 atom stereocenters. The summed E-state index contributed by atoms with van der Waals surface area (Å²) in [5, 5.41) is 17.8. The second kappa shape index (κ2) is 8.51. The van der Waals surface area contributed by atoms with Crippen LogP contribution in [0.5, 0.6) is 23.0 Å². The Morgan fingerprint density at radius 2 is 1.76 bits per heavy atom. The van der Waals surface area contributed by atoms with Crippen molar-refractivity contribution in [3.8, 4) is 23.0 Å². The second-order valence-electron chi connectivity index (χ2n) is 7.85. The van der Waals surface area contributed by atoms with E-state index in [9.17, 15) is 5.11 Å². The molecule has 8 nitrogen and oxygen atoms in total. The molecule has 2 N–H and O–H groups in total. The summed E-state index contributed by atoms with van der Waals surface area (Å²) < 4.78 is 22.4. The SMILES string of the molecule is COc1cc(O[C@@H]2C[C@@H]3CN(Cc4ccn[nH]4)C[C@@H]3C[C@H]2O)cc(OC)c1OC. The summed E-state index contributed by atoms with van der Waals surface area (Å²) in [6.45, 7) is 2.87. The molecule has 0 unspecified atom stereocenters. The number of methoxy groups -OCH3 is 3. The molecule has 2 aliphatic rings. The van der Waals surface area contributed by atoms with Crippen molar-refractivity contribution in [3.05, 3.63) is 30.1 Å². The minimum atomic E-state index is -0.498. The smallest absolute Gasteiger partial charge is 0.203 e. The molecule has 2 fully saturated rings. The summed E-state index contributed by atoms with van der Waals surface area (Å²) in [6, 6.07) is 5.56. The molecule has 8 heteroatoms. The summed E-state index contributed by atoms with van der Waals surface area (Å²) in [4.78, 5) is 2.43. The third-order valence-corrected chi connectivity index (χ3v) is 6.04. The maximum Gasteiger partial charge on any atom is 0.203 e. The zero-order chi connectivity index (χ0) is 20.4. The first-order valence-corrected chi connectivity index (χ1v) is 9.96. The molecule has 1 aromatic carbocycles. The van der Waals surface area contributed by atoms with Gasteiger partial charge in [0.15, 0.2) is 11.5 Å². The highest BCUT2D eigenvalue weighted by atomic mass is 16.5. The van der Waals surface area contributed by atoms with Crippen LogP contribution >= 0.6 is 0 Å². The van der Waals surface area contributed by atoms with Crippen molar-refractivity contribution in [2.45, 2.75) is 31.6 Å². The largest absolute Gasteiger partial charge is 0.493 e. The van der Waals surface area contributed by atoms with Crippen LogP contribution in [0.1, 0.15) is 18.5 Å². The molecule has 1 aliphatic carbocycles. The number of nitrogens with one attached hydrogen (secondary N) is 1. The molecule has 0 bridgehead atoms. The van der Waals surface area contributed by atoms with Crippen LogP contribution in [0.4, 0.5) is 0 Å². The fourth-order valence-corrected chi connectivity index (χ4v) is 4.66. The molecule has 1 saturated heterocycles. The fourth-order valence-electron chi connectivity index (χ4n) is 4.66. The van der Waals surface area contributed by atoms with Gasteiger partial charge in [0.2, 0.25) is 5.75 Å². The number of likely N-dealkylation sites (tertiary alicyclic amines) is 1. The lowest BCUT2D eigenvalue weighted by atomic mass is 9.78. The quantitative estimate of drug-likeness (QED) is 0.732. The van der Waals surface area contributed by atoms with Gasteiger partial charge in [0.25, 0.3) is 0 Å².